The summed E-state index contributed by atoms with van der Waals surface area (Å²) in [6.07, 6.45) is 0. The second-order valence-corrected chi connectivity index (χ2v) is 7.97. The molecule has 0 aliphatic heterocycles. The van der Waals surface area contributed by atoms with Gasteiger partial charge in [0.25, 0.3) is 0 Å². The number of hydrogen-bond donors (Lipinski definition) is 1. The van der Waals surface area contributed by atoms with Crippen molar-refractivity contribution in [2.24, 2.45) is 0 Å². The fourth-order valence-electron chi connectivity index (χ4n) is 4.18. The third-order valence-electron chi connectivity index (χ3n) is 5.66. The zero-order chi connectivity index (χ0) is 20.8. The highest BCUT2D eigenvalue weighted by molar-refractivity contribution is 6.30. The van der Waals surface area contributed by atoms with Crippen LogP contribution in [0.2, 0.25) is 5.02 Å². The summed E-state index contributed by atoms with van der Waals surface area (Å²) in [6, 6.07) is 32.7. The van der Waals surface area contributed by atoms with Crippen molar-refractivity contribution in [3.63, 3.8) is 0 Å². The lowest BCUT2D eigenvalue weighted by molar-refractivity contribution is 0.435. The zero-order valence-corrected chi connectivity index (χ0v) is 17.2. The zero-order valence-electron chi connectivity index (χ0n) is 16.5. The Morgan fingerprint density at radius 2 is 1.48 bits per heavy atom. The van der Waals surface area contributed by atoms with Crippen LogP contribution >= 0.6 is 11.6 Å². The number of benzene rings is 4. The summed E-state index contributed by atoms with van der Waals surface area (Å²) < 4.78 is 5.71. The van der Waals surface area contributed by atoms with Gasteiger partial charge in [0.2, 0.25) is 0 Å². The van der Waals surface area contributed by atoms with E-state index >= 15 is 0 Å². The van der Waals surface area contributed by atoms with Gasteiger partial charge in [0, 0.05) is 33.0 Å². The Morgan fingerprint density at radius 3 is 2.32 bits per heavy atom. The number of H-pyrrole nitrogens is 1. The van der Waals surface area contributed by atoms with Crippen molar-refractivity contribution in [2.75, 3.05) is 0 Å². The summed E-state index contributed by atoms with van der Waals surface area (Å²) in [5.41, 5.74) is 6.01. The average Bonchev–Trinajstić information content (AvgIpc) is 3.45. The third kappa shape index (κ3) is 3.02. The summed E-state index contributed by atoms with van der Waals surface area (Å²) in [5.74, 6) is 0.703. The molecule has 0 unspecified atom stereocenters. The molecule has 2 aromatic heterocycles. The molecule has 0 aliphatic carbocycles. The molecule has 6 aromatic rings. The Hall–Kier alpha value is -3.82. The van der Waals surface area contributed by atoms with Gasteiger partial charge in [-0.1, -0.05) is 83.5 Å². The number of nitrogens with zero attached hydrogens (tertiary/aromatic N) is 1. The molecule has 0 saturated heterocycles. The molecule has 148 valence electrons. The lowest BCUT2D eigenvalue weighted by atomic mass is 9.98. The minimum absolute atomic E-state index is 0.692. The van der Waals surface area contributed by atoms with E-state index < -0.39 is 0 Å². The van der Waals surface area contributed by atoms with Gasteiger partial charge in [-0.15, -0.1) is 0 Å². The van der Waals surface area contributed by atoms with Crippen LogP contribution in [-0.4, -0.2) is 10.1 Å². The maximum atomic E-state index is 6.03. The van der Waals surface area contributed by atoms with Crippen LogP contribution in [-0.2, 0) is 0 Å². The molecule has 31 heavy (non-hydrogen) atoms. The van der Waals surface area contributed by atoms with Gasteiger partial charge in [0.1, 0.15) is 5.69 Å². The van der Waals surface area contributed by atoms with Crippen molar-refractivity contribution in [3.05, 3.63) is 102 Å². The molecule has 3 nitrogen and oxygen atoms in total. The quantitative estimate of drug-likeness (QED) is 0.315. The lowest BCUT2D eigenvalue weighted by Gasteiger charge is -2.03. The van der Waals surface area contributed by atoms with E-state index in [0.717, 1.165) is 39.0 Å². The van der Waals surface area contributed by atoms with Gasteiger partial charge < -0.3 is 9.51 Å². The van der Waals surface area contributed by atoms with Crippen LogP contribution in [0.25, 0.3) is 55.5 Å². The molecule has 0 atom stereocenters. The lowest BCUT2D eigenvalue weighted by Crippen LogP contribution is -1.82. The Balaban J connectivity index is 1.61. The Kier molecular flexibility index (Phi) is 4.15. The van der Waals surface area contributed by atoms with E-state index in [1.165, 1.54) is 10.8 Å². The minimum Gasteiger partial charge on any atom is -0.356 e. The summed E-state index contributed by atoms with van der Waals surface area (Å²) in [6.45, 7) is 0. The topological polar surface area (TPSA) is 41.8 Å². The van der Waals surface area contributed by atoms with Crippen LogP contribution in [0, 0.1) is 0 Å². The van der Waals surface area contributed by atoms with Crippen molar-refractivity contribution in [2.45, 2.75) is 0 Å². The van der Waals surface area contributed by atoms with Crippen LogP contribution in [0.4, 0.5) is 0 Å². The predicted octanol–water partition coefficient (Wildman–Crippen LogP) is 7.96. The molecular weight excluding hydrogens is 404 g/mol. The Labute approximate surface area is 183 Å². The monoisotopic (exact) mass is 420 g/mol. The number of rotatable bonds is 3. The molecule has 0 bridgehead atoms. The van der Waals surface area contributed by atoms with Gasteiger partial charge in [0.05, 0.1) is 11.2 Å². The minimum atomic E-state index is 0.692. The maximum Gasteiger partial charge on any atom is 0.167 e. The first-order chi connectivity index (χ1) is 15.3. The smallest absolute Gasteiger partial charge is 0.167 e. The molecule has 0 saturated carbocycles. The van der Waals surface area contributed by atoms with Crippen molar-refractivity contribution in [1.82, 2.24) is 10.1 Å². The van der Waals surface area contributed by atoms with E-state index in [1.54, 1.807) is 0 Å². The van der Waals surface area contributed by atoms with Gasteiger partial charge in [-0.05, 0) is 35.2 Å². The van der Waals surface area contributed by atoms with Gasteiger partial charge in [-0.3, -0.25) is 0 Å². The number of halogens is 1. The van der Waals surface area contributed by atoms with E-state index in [-0.39, 0.29) is 0 Å². The van der Waals surface area contributed by atoms with E-state index in [0.29, 0.717) is 10.8 Å². The highest BCUT2D eigenvalue weighted by Crippen LogP contribution is 2.41. The van der Waals surface area contributed by atoms with Crippen LogP contribution in [0.15, 0.2) is 102 Å². The average molecular weight is 421 g/mol. The highest BCUT2D eigenvalue weighted by Gasteiger charge is 2.19. The van der Waals surface area contributed by atoms with Crippen molar-refractivity contribution in [3.8, 4) is 33.8 Å². The van der Waals surface area contributed by atoms with Gasteiger partial charge in [0.15, 0.2) is 5.76 Å². The first kappa shape index (κ1) is 18.0. The molecule has 2 heterocycles. The molecule has 6 rings (SSSR count). The molecule has 0 amide bonds. The molecule has 4 aromatic carbocycles. The van der Waals surface area contributed by atoms with Crippen LogP contribution in [0.5, 0.6) is 0 Å². The van der Waals surface area contributed by atoms with E-state index in [1.807, 2.05) is 36.4 Å². The van der Waals surface area contributed by atoms with Crippen LogP contribution in [0.3, 0.4) is 0 Å². The predicted molar refractivity (Wildman–Crippen MR) is 127 cm³/mol. The molecule has 0 radical (unpaired) electrons. The summed E-state index contributed by atoms with van der Waals surface area (Å²) in [5, 5.41) is 8.65. The number of aromatic amines is 1. The largest absolute Gasteiger partial charge is 0.356 e. The van der Waals surface area contributed by atoms with E-state index in [2.05, 4.69) is 70.8 Å². The number of nitrogens with one attached hydrogen (secondary N) is 1. The Bertz CT molecular complexity index is 1530. The molecule has 0 spiro atoms. The molecule has 4 heteroatoms. The number of hydrogen-bond acceptors (Lipinski definition) is 2. The number of fused-ring (bicyclic) bond motifs is 3. The normalized spacial score (nSPS) is 11.4. The van der Waals surface area contributed by atoms with Gasteiger partial charge >= 0.3 is 0 Å². The fourth-order valence-corrected chi connectivity index (χ4v) is 4.30. The van der Waals surface area contributed by atoms with Gasteiger partial charge in [-0.25, -0.2) is 0 Å². The highest BCUT2D eigenvalue weighted by atomic mass is 35.5. The van der Waals surface area contributed by atoms with Crippen molar-refractivity contribution >= 4 is 33.3 Å². The van der Waals surface area contributed by atoms with Crippen molar-refractivity contribution in [1.29, 1.82) is 0 Å². The summed E-state index contributed by atoms with van der Waals surface area (Å²) >= 11 is 6.03. The summed E-state index contributed by atoms with van der Waals surface area (Å²) in [7, 11) is 0. The second-order valence-electron chi connectivity index (χ2n) is 7.53. The molecule has 0 aliphatic rings. The van der Waals surface area contributed by atoms with E-state index in [4.69, 9.17) is 16.1 Å². The molecular formula is C27H17ClN2O. The van der Waals surface area contributed by atoms with Crippen LogP contribution in [0.1, 0.15) is 0 Å². The third-order valence-corrected chi connectivity index (χ3v) is 5.91. The standard InChI is InChI=1S/C27H17ClN2O/c28-20-13-10-18(11-14-20)24-16-23(30-31-24)27-25(19-7-2-1-3-8-19)22-15-12-17-6-4-5-9-21(17)26(22)29-27/h1-16,29H. The summed E-state index contributed by atoms with van der Waals surface area (Å²) in [4.78, 5) is 3.65. The fraction of sp³-hybridized carbons (Fsp3) is 0. The Morgan fingerprint density at radius 1 is 0.710 bits per heavy atom. The van der Waals surface area contributed by atoms with Crippen molar-refractivity contribution < 1.29 is 4.52 Å². The first-order valence-corrected chi connectivity index (χ1v) is 10.5. The van der Waals surface area contributed by atoms with E-state index in [9.17, 15) is 0 Å². The van der Waals surface area contributed by atoms with Crippen LogP contribution < -0.4 is 0 Å². The van der Waals surface area contributed by atoms with Gasteiger partial charge in [-0.2, -0.15) is 0 Å². The maximum absolute atomic E-state index is 6.03. The molecule has 0 fully saturated rings. The SMILES string of the molecule is Clc1ccc(-c2cc(-c3[nH]c4c(ccc5ccccc54)c3-c3ccccc3)no2)cc1. The molecule has 1 N–H and O–H groups in total. The number of aromatic nitrogens is 2. The first-order valence-electron chi connectivity index (χ1n) is 10.1. The second kappa shape index (κ2) is 7.15.